The Morgan fingerprint density at radius 1 is 1.00 bits per heavy atom. The van der Waals surface area contributed by atoms with Crippen LogP contribution in [0.2, 0.25) is 5.02 Å². The van der Waals surface area contributed by atoms with Gasteiger partial charge in [-0.3, -0.25) is 9.20 Å². The summed E-state index contributed by atoms with van der Waals surface area (Å²) in [7, 11) is 0. The van der Waals surface area contributed by atoms with Gasteiger partial charge in [-0.15, -0.1) is 0 Å². The number of carbonyl (C=O) groups is 1. The molecule has 0 aliphatic heterocycles. The van der Waals surface area contributed by atoms with Crippen molar-refractivity contribution in [3.05, 3.63) is 95.0 Å². The molecule has 0 aliphatic carbocycles. The van der Waals surface area contributed by atoms with E-state index in [2.05, 4.69) is 4.98 Å². The van der Waals surface area contributed by atoms with E-state index in [1.54, 1.807) is 36.4 Å². The van der Waals surface area contributed by atoms with E-state index in [-0.39, 0.29) is 11.6 Å². The normalized spacial score (nSPS) is 11.0. The van der Waals surface area contributed by atoms with E-state index in [0.29, 0.717) is 27.6 Å². The second kappa shape index (κ2) is 6.15. The molecule has 25 heavy (non-hydrogen) atoms. The molecule has 0 saturated heterocycles. The number of rotatable bonds is 3. The molecule has 0 N–H and O–H groups in total. The fourth-order valence-corrected chi connectivity index (χ4v) is 2.96. The topological polar surface area (TPSA) is 34.4 Å². The van der Waals surface area contributed by atoms with Gasteiger partial charge in [-0.2, -0.15) is 0 Å². The molecule has 0 atom stereocenters. The van der Waals surface area contributed by atoms with Crippen LogP contribution in [0, 0.1) is 5.82 Å². The molecule has 2 aromatic carbocycles. The molecule has 3 nitrogen and oxygen atoms in total. The van der Waals surface area contributed by atoms with E-state index in [1.165, 1.54) is 12.1 Å². The fourth-order valence-electron chi connectivity index (χ4n) is 2.77. The highest BCUT2D eigenvalue weighted by molar-refractivity contribution is 6.31. The summed E-state index contributed by atoms with van der Waals surface area (Å²) in [5.74, 6) is 0.0559. The number of hydrogen-bond acceptors (Lipinski definition) is 2. The predicted molar refractivity (Wildman–Crippen MR) is 95.5 cm³/mol. The molecular formula is C20H12ClFN2O. The van der Waals surface area contributed by atoms with Crippen LogP contribution in [0.15, 0.2) is 72.9 Å². The van der Waals surface area contributed by atoms with E-state index < -0.39 is 0 Å². The predicted octanol–water partition coefficient (Wildman–Crippen LogP) is 5.02. The van der Waals surface area contributed by atoms with Crippen molar-refractivity contribution < 1.29 is 9.18 Å². The van der Waals surface area contributed by atoms with Crippen molar-refractivity contribution in [3.63, 3.8) is 0 Å². The zero-order valence-corrected chi connectivity index (χ0v) is 13.7. The molecule has 0 amide bonds. The van der Waals surface area contributed by atoms with Crippen LogP contribution in [-0.2, 0) is 0 Å². The second-order valence-electron chi connectivity index (χ2n) is 5.59. The van der Waals surface area contributed by atoms with Crippen LogP contribution in [0.25, 0.3) is 16.9 Å². The molecule has 4 aromatic rings. The Kier molecular flexibility index (Phi) is 3.82. The minimum atomic E-state index is -0.320. The van der Waals surface area contributed by atoms with Gasteiger partial charge in [0.05, 0.1) is 5.52 Å². The van der Waals surface area contributed by atoms with Crippen molar-refractivity contribution in [2.45, 2.75) is 0 Å². The van der Waals surface area contributed by atoms with Crippen LogP contribution in [0.4, 0.5) is 4.39 Å². The SMILES string of the molecule is O=C(c1cccc(Cl)c1)c1nc(-c2ccc(F)cc2)n2ccccc12. The van der Waals surface area contributed by atoms with Gasteiger partial charge in [-0.05, 0) is 48.5 Å². The summed E-state index contributed by atoms with van der Waals surface area (Å²) in [5.41, 5.74) is 2.23. The summed E-state index contributed by atoms with van der Waals surface area (Å²) >= 11 is 6.00. The molecule has 122 valence electrons. The number of carbonyl (C=O) groups excluding carboxylic acids is 1. The Morgan fingerprint density at radius 2 is 1.80 bits per heavy atom. The number of pyridine rings is 1. The lowest BCUT2D eigenvalue weighted by Gasteiger charge is -2.00. The van der Waals surface area contributed by atoms with Gasteiger partial charge in [0.25, 0.3) is 0 Å². The van der Waals surface area contributed by atoms with Crippen molar-refractivity contribution >= 4 is 22.9 Å². The van der Waals surface area contributed by atoms with Crippen molar-refractivity contribution in [3.8, 4) is 11.4 Å². The summed E-state index contributed by atoms with van der Waals surface area (Å²) in [6.07, 6.45) is 1.83. The van der Waals surface area contributed by atoms with E-state index >= 15 is 0 Å². The van der Waals surface area contributed by atoms with Crippen LogP contribution in [0.1, 0.15) is 16.1 Å². The number of hydrogen-bond donors (Lipinski definition) is 0. The van der Waals surface area contributed by atoms with Gasteiger partial charge in [-0.25, -0.2) is 9.37 Å². The highest BCUT2D eigenvalue weighted by Crippen LogP contribution is 2.25. The monoisotopic (exact) mass is 350 g/mol. The lowest BCUT2D eigenvalue weighted by Crippen LogP contribution is -2.02. The molecule has 4 rings (SSSR count). The third-order valence-electron chi connectivity index (χ3n) is 3.95. The average Bonchev–Trinajstić information content (AvgIpc) is 3.01. The molecule has 2 heterocycles. The average molecular weight is 351 g/mol. The van der Waals surface area contributed by atoms with Gasteiger partial charge in [-0.1, -0.05) is 29.8 Å². The summed E-state index contributed by atoms with van der Waals surface area (Å²) in [6.45, 7) is 0. The number of halogens is 2. The van der Waals surface area contributed by atoms with Crippen molar-refractivity contribution in [1.82, 2.24) is 9.38 Å². The number of benzene rings is 2. The minimum Gasteiger partial charge on any atom is -0.299 e. The third-order valence-corrected chi connectivity index (χ3v) is 4.19. The van der Waals surface area contributed by atoms with Gasteiger partial charge in [0.2, 0.25) is 5.78 Å². The summed E-state index contributed by atoms with van der Waals surface area (Å²) in [5, 5.41) is 0.494. The fraction of sp³-hybridized carbons (Fsp3) is 0. The number of ketones is 1. The largest absolute Gasteiger partial charge is 0.299 e. The zero-order chi connectivity index (χ0) is 17.4. The zero-order valence-electron chi connectivity index (χ0n) is 13.0. The summed E-state index contributed by atoms with van der Waals surface area (Å²) in [6, 6.07) is 18.3. The Hall–Kier alpha value is -2.98. The number of fused-ring (bicyclic) bond motifs is 1. The molecule has 0 aliphatic rings. The first-order chi connectivity index (χ1) is 12.1. The van der Waals surface area contributed by atoms with Crippen LogP contribution >= 0.6 is 11.6 Å². The molecule has 0 radical (unpaired) electrons. The maximum absolute atomic E-state index is 13.2. The van der Waals surface area contributed by atoms with Crippen LogP contribution in [0.3, 0.4) is 0 Å². The lowest BCUT2D eigenvalue weighted by molar-refractivity contribution is 0.103. The number of aromatic nitrogens is 2. The van der Waals surface area contributed by atoms with Crippen LogP contribution in [0.5, 0.6) is 0 Å². The van der Waals surface area contributed by atoms with E-state index in [4.69, 9.17) is 11.6 Å². The lowest BCUT2D eigenvalue weighted by atomic mass is 10.1. The summed E-state index contributed by atoms with van der Waals surface area (Å²) < 4.78 is 15.0. The van der Waals surface area contributed by atoms with E-state index in [0.717, 1.165) is 5.56 Å². The standard InChI is InChI=1S/C20H12ClFN2O/c21-15-5-3-4-14(12-15)19(25)18-17-6-1-2-11-24(17)20(23-18)13-7-9-16(22)10-8-13/h1-12H. The van der Waals surface area contributed by atoms with Crippen molar-refractivity contribution in [2.75, 3.05) is 0 Å². The maximum Gasteiger partial charge on any atom is 0.213 e. The maximum atomic E-state index is 13.2. The highest BCUT2D eigenvalue weighted by Gasteiger charge is 2.19. The molecule has 5 heteroatoms. The Bertz CT molecular complexity index is 1090. The van der Waals surface area contributed by atoms with Gasteiger partial charge >= 0.3 is 0 Å². The number of nitrogens with zero attached hydrogens (tertiary/aromatic N) is 2. The molecule has 0 saturated carbocycles. The van der Waals surface area contributed by atoms with Crippen LogP contribution in [-0.4, -0.2) is 15.2 Å². The smallest absolute Gasteiger partial charge is 0.213 e. The van der Waals surface area contributed by atoms with E-state index in [1.807, 2.05) is 28.8 Å². The molecular weight excluding hydrogens is 339 g/mol. The molecule has 0 bridgehead atoms. The Morgan fingerprint density at radius 3 is 2.56 bits per heavy atom. The van der Waals surface area contributed by atoms with E-state index in [9.17, 15) is 9.18 Å². The first kappa shape index (κ1) is 15.5. The van der Waals surface area contributed by atoms with Gasteiger partial charge in [0.15, 0.2) is 0 Å². The first-order valence-electron chi connectivity index (χ1n) is 7.67. The van der Waals surface area contributed by atoms with Gasteiger partial charge < -0.3 is 0 Å². The number of imidazole rings is 1. The summed E-state index contributed by atoms with van der Waals surface area (Å²) in [4.78, 5) is 17.5. The molecule has 0 fully saturated rings. The van der Waals surface area contributed by atoms with Crippen molar-refractivity contribution in [2.24, 2.45) is 0 Å². The highest BCUT2D eigenvalue weighted by atomic mass is 35.5. The van der Waals surface area contributed by atoms with Crippen molar-refractivity contribution in [1.29, 1.82) is 0 Å². The minimum absolute atomic E-state index is 0.209. The molecule has 2 aromatic heterocycles. The first-order valence-corrected chi connectivity index (χ1v) is 8.04. The quantitative estimate of drug-likeness (QED) is 0.486. The second-order valence-corrected chi connectivity index (χ2v) is 6.02. The Labute approximate surface area is 148 Å². The van der Waals surface area contributed by atoms with Gasteiger partial charge in [0, 0.05) is 22.3 Å². The molecule has 0 spiro atoms. The third kappa shape index (κ3) is 2.81. The van der Waals surface area contributed by atoms with Gasteiger partial charge in [0.1, 0.15) is 17.3 Å². The van der Waals surface area contributed by atoms with Crippen LogP contribution < -0.4 is 0 Å². The molecule has 0 unspecified atom stereocenters. The Balaban J connectivity index is 1.90.